The molecule has 0 saturated carbocycles. The van der Waals surface area contributed by atoms with E-state index in [1.54, 1.807) is 18.2 Å². The van der Waals surface area contributed by atoms with Crippen LogP contribution >= 0.6 is 15.9 Å². The third-order valence-electron chi connectivity index (χ3n) is 3.19. The van der Waals surface area contributed by atoms with Crippen molar-refractivity contribution in [2.24, 2.45) is 0 Å². The van der Waals surface area contributed by atoms with Crippen molar-refractivity contribution in [3.63, 3.8) is 0 Å². The Morgan fingerprint density at radius 2 is 2.25 bits per heavy atom. The topological polar surface area (TPSA) is 87.6 Å². The molecule has 0 spiro atoms. The van der Waals surface area contributed by atoms with Gasteiger partial charge in [-0.2, -0.15) is 0 Å². The number of pyridine rings is 1. The molecule has 0 aromatic carbocycles. The Labute approximate surface area is 125 Å². The van der Waals surface area contributed by atoms with Crippen LogP contribution in [0.5, 0.6) is 0 Å². The summed E-state index contributed by atoms with van der Waals surface area (Å²) in [5.74, 6) is -0.326. The molecule has 110 valence electrons. The van der Waals surface area contributed by atoms with Crippen LogP contribution in [-0.2, 0) is 9.84 Å². The van der Waals surface area contributed by atoms with Crippen LogP contribution < -0.4 is 0 Å². The van der Waals surface area contributed by atoms with Crippen molar-refractivity contribution in [3.05, 3.63) is 28.5 Å². The van der Waals surface area contributed by atoms with E-state index < -0.39 is 9.84 Å². The van der Waals surface area contributed by atoms with E-state index in [1.807, 2.05) is 0 Å². The van der Waals surface area contributed by atoms with E-state index in [9.17, 15) is 13.2 Å². The summed E-state index contributed by atoms with van der Waals surface area (Å²) < 4.78 is 23.6. The lowest BCUT2D eigenvalue weighted by Crippen LogP contribution is -2.43. The lowest BCUT2D eigenvalue weighted by Gasteiger charge is -2.27. The van der Waals surface area contributed by atoms with E-state index in [2.05, 4.69) is 20.9 Å². The normalized spacial score (nSPS) is 20.8. The number of hydrogen-bond acceptors (Lipinski definition) is 5. The molecule has 1 amide bonds. The zero-order valence-electron chi connectivity index (χ0n) is 10.7. The van der Waals surface area contributed by atoms with E-state index in [-0.39, 0.29) is 42.3 Å². The quantitative estimate of drug-likeness (QED) is 0.786. The van der Waals surface area contributed by atoms with E-state index in [1.165, 1.54) is 4.90 Å². The fraction of sp³-hybridized carbons (Fsp3) is 0.500. The predicted molar refractivity (Wildman–Crippen MR) is 77.1 cm³/mol. The molecule has 8 heteroatoms. The predicted octanol–water partition coefficient (Wildman–Crippen LogP) is 0.466. The van der Waals surface area contributed by atoms with Gasteiger partial charge in [0.2, 0.25) is 0 Å². The molecular weight excluding hydrogens is 348 g/mol. The zero-order valence-corrected chi connectivity index (χ0v) is 13.1. The summed E-state index contributed by atoms with van der Waals surface area (Å²) in [6.07, 6.45) is 0.405. The molecule has 1 atom stereocenters. The molecule has 20 heavy (non-hydrogen) atoms. The fourth-order valence-electron chi connectivity index (χ4n) is 2.25. The first-order valence-corrected chi connectivity index (χ1v) is 8.79. The molecule has 1 aromatic heterocycles. The van der Waals surface area contributed by atoms with Crippen molar-refractivity contribution in [2.75, 3.05) is 24.7 Å². The summed E-state index contributed by atoms with van der Waals surface area (Å²) >= 11 is 3.19. The number of rotatable bonds is 4. The standard InChI is InChI=1S/C12H15BrN2O4S/c13-11-3-1-2-10(14-11)12(17)15(5-6-16)9-4-7-20(18,19)8-9/h1-3,9,16H,4-8H2. The maximum Gasteiger partial charge on any atom is 0.272 e. The third kappa shape index (κ3) is 3.56. The number of sulfone groups is 1. The Hall–Kier alpha value is -0.990. The van der Waals surface area contributed by atoms with Gasteiger partial charge in [-0.1, -0.05) is 6.07 Å². The Morgan fingerprint density at radius 1 is 1.50 bits per heavy atom. The second-order valence-electron chi connectivity index (χ2n) is 4.62. The second-order valence-corrected chi connectivity index (χ2v) is 7.67. The summed E-state index contributed by atoms with van der Waals surface area (Å²) in [4.78, 5) is 17.9. The molecule has 0 aliphatic carbocycles. The van der Waals surface area contributed by atoms with E-state index in [0.717, 1.165) is 0 Å². The maximum atomic E-state index is 12.4. The lowest BCUT2D eigenvalue weighted by atomic mass is 10.2. The molecule has 1 N–H and O–H groups in total. The first kappa shape index (κ1) is 15.4. The van der Waals surface area contributed by atoms with Crippen molar-refractivity contribution in [1.82, 2.24) is 9.88 Å². The van der Waals surface area contributed by atoms with Crippen molar-refractivity contribution in [3.8, 4) is 0 Å². The molecule has 1 aliphatic rings. The second kappa shape index (κ2) is 6.19. The number of aliphatic hydroxyl groups is 1. The average Bonchev–Trinajstić information content (AvgIpc) is 2.75. The number of aliphatic hydroxyl groups excluding tert-OH is 1. The van der Waals surface area contributed by atoms with Crippen LogP contribution in [0, 0.1) is 0 Å². The minimum Gasteiger partial charge on any atom is -0.395 e. The monoisotopic (exact) mass is 362 g/mol. The molecule has 1 saturated heterocycles. The van der Waals surface area contributed by atoms with Crippen molar-refractivity contribution in [1.29, 1.82) is 0 Å². The summed E-state index contributed by atoms with van der Waals surface area (Å²) in [6, 6.07) is 4.57. The maximum absolute atomic E-state index is 12.4. The van der Waals surface area contributed by atoms with Gasteiger partial charge in [-0.3, -0.25) is 4.79 Å². The molecule has 0 bridgehead atoms. The fourth-order valence-corrected chi connectivity index (χ4v) is 4.33. The van der Waals surface area contributed by atoms with Crippen LogP contribution in [0.2, 0.25) is 0 Å². The zero-order chi connectivity index (χ0) is 14.8. The molecule has 1 fully saturated rings. The SMILES string of the molecule is O=C(c1cccc(Br)n1)N(CCO)C1CCS(=O)(=O)C1. The molecule has 1 unspecified atom stereocenters. The highest BCUT2D eigenvalue weighted by atomic mass is 79.9. The van der Waals surface area contributed by atoms with Gasteiger partial charge in [0.25, 0.3) is 5.91 Å². The van der Waals surface area contributed by atoms with Crippen LogP contribution in [0.1, 0.15) is 16.9 Å². The highest BCUT2D eigenvalue weighted by Gasteiger charge is 2.35. The van der Waals surface area contributed by atoms with Gasteiger partial charge in [-0.05, 0) is 34.5 Å². The van der Waals surface area contributed by atoms with Gasteiger partial charge >= 0.3 is 0 Å². The van der Waals surface area contributed by atoms with Gasteiger partial charge < -0.3 is 10.0 Å². The van der Waals surface area contributed by atoms with Crippen molar-refractivity contribution < 1.29 is 18.3 Å². The molecule has 6 nitrogen and oxygen atoms in total. The number of carbonyl (C=O) groups excluding carboxylic acids is 1. The van der Waals surface area contributed by atoms with Crippen molar-refractivity contribution in [2.45, 2.75) is 12.5 Å². The minimum absolute atomic E-state index is 0.0489. The number of halogens is 1. The van der Waals surface area contributed by atoms with Gasteiger partial charge in [0, 0.05) is 12.6 Å². The smallest absolute Gasteiger partial charge is 0.272 e. The summed E-state index contributed by atoms with van der Waals surface area (Å²) in [5, 5.41) is 9.10. The minimum atomic E-state index is -3.09. The lowest BCUT2D eigenvalue weighted by molar-refractivity contribution is 0.0649. The summed E-state index contributed by atoms with van der Waals surface area (Å²) in [7, 11) is -3.09. The highest BCUT2D eigenvalue weighted by Crippen LogP contribution is 2.20. The van der Waals surface area contributed by atoms with Crippen LogP contribution in [0.4, 0.5) is 0 Å². The molecular formula is C12H15BrN2O4S. The highest BCUT2D eigenvalue weighted by molar-refractivity contribution is 9.10. The van der Waals surface area contributed by atoms with Gasteiger partial charge in [-0.25, -0.2) is 13.4 Å². The Kier molecular flexibility index (Phi) is 4.77. The number of hydrogen-bond donors (Lipinski definition) is 1. The van der Waals surface area contributed by atoms with E-state index >= 15 is 0 Å². The van der Waals surface area contributed by atoms with Gasteiger partial charge in [0.05, 0.1) is 18.1 Å². The molecule has 0 radical (unpaired) electrons. The van der Waals surface area contributed by atoms with Gasteiger partial charge in [-0.15, -0.1) is 0 Å². The Bertz CT molecular complexity index is 605. The van der Waals surface area contributed by atoms with E-state index in [0.29, 0.717) is 11.0 Å². The molecule has 1 aromatic rings. The van der Waals surface area contributed by atoms with Crippen LogP contribution in [0.3, 0.4) is 0 Å². The Balaban J connectivity index is 2.22. The van der Waals surface area contributed by atoms with Gasteiger partial charge in [0.15, 0.2) is 9.84 Å². The number of carbonyl (C=O) groups is 1. The summed E-state index contributed by atoms with van der Waals surface area (Å²) in [6.45, 7) is -0.108. The number of aromatic nitrogens is 1. The van der Waals surface area contributed by atoms with Crippen molar-refractivity contribution >= 4 is 31.7 Å². The molecule has 2 heterocycles. The van der Waals surface area contributed by atoms with E-state index in [4.69, 9.17) is 5.11 Å². The number of nitrogens with zero attached hydrogens (tertiary/aromatic N) is 2. The third-order valence-corrected chi connectivity index (χ3v) is 5.38. The largest absolute Gasteiger partial charge is 0.395 e. The van der Waals surface area contributed by atoms with Crippen LogP contribution in [-0.4, -0.2) is 60.0 Å². The first-order chi connectivity index (χ1) is 9.43. The van der Waals surface area contributed by atoms with Crippen LogP contribution in [0.15, 0.2) is 22.8 Å². The molecule has 2 rings (SSSR count). The summed E-state index contributed by atoms with van der Waals surface area (Å²) in [5.41, 5.74) is 0.233. The number of amides is 1. The Morgan fingerprint density at radius 3 is 2.80 bits per heavy atom. The van der Waals surface area contributed by atoms with Gasteiger partial charge in [0.1, 0.15) is 10.3 Å². The first-order valence-electron chi connectivity index (χ1n) is 6.18. The average molecular weight is 363 g/mol. The van der Waals surface area contributed by atoms with Crippen LogP contribution in [0.25, 0.3) is 0 Å². The molecule has 1 aliphatic heterocycles.